The maximum absolute atomic E-state index is 13.1. The normalized spacial score (nSPS) is 18.8. The van der Waals surface area contributed by atoms with Crippen molar-refractivity contribution in [2.45, 2.75) is 12.3 Å². The van der Waals surface area contributed by atoms with Crippen LogP contribution in [0.3, 0.4) is 0 Å². The summed E-state index contributed by atoms with van der Waals surface area (Å²) in [6.07, 6.45) is 0.132. The molecule has 0 N–H and O–H groups in total. The van der Waals surface area contributed by atoms with Crippen molar-refractivity contribution in [1.82, 2.24) is 0 Å². The minimum atomic E-state index is -0.450. The summed E-state index contributed by atoms with van der Waals surface area (Å²) >= 11 is 3.40. The number of methoxy groups -OCH3 is 2. The van der Waals surface area contributed by atoms with Crippen LogP contribution >= 0.6 is 15.9 Å². The lowest BCUT2D eigenvalue weighted by Gasteiger charge is -2.32. The van der Waals surface area contributed by atoms with Crippen LogP contribution in [0.5, 0.6) is 11.5 Å². The van der Waals surface area contributed by atoms with E-state index in [1.54, 1.807) is 31.3 Å². The van der Waals surface area contributed by atoms with Crippen molar-refractivity contribution in [3.8, 4) is 11.5 Å². The smallest absolute Gasteiger partial charge is 0.336 e. The molecular formula is C21H18BrNO5. The molecule has 0 aliphatic carbocycles. The molecule has 0 saturated carbocycles. The van der Waals surface area contributed by atoms with Crippen LogP contribution in [-0.4, -0.2) is 32.7 Å². The molecule has 0 bridgehead atoms. The van der Waals surface area contributed by atoms with Crippen molar-refractivity contribution in [2.75, 3.05) is 25.7 Å². The number of rotatable bonds is 4. The van der Waals surface area contributed by atoms with Crippen LogP contribution in [0.1, 0.15) is 17.9 Å². The van der Waals surface area contributed by atoms with E-state index >= 15 is 0 Å². The number of carbonyl (C=O) groups excluding carboxylic acids is 2. The third-order valence-corrected chi connectivity index (χ3v) is 5.54. The van der Waals surface area contributed by atoms with Crippen LogP contribution in [0.25, 0.3) is 0 Å². The van der Waals surface area contributed by atoms with Gasteiger partial charge in [0.15, 0.2) is 0 Å². The number of halogens is 1. The standard InChI is InChI=1S/C21H18BrNO5/c1-26-14-7-8-18(27-2)15(9-14)16-10-19(24)23(13-5-3-12(22)4-6-13)17-11-28-21(25)20(16)17/h3-9,16H,10-11H2,1-2H3/t16-/m1/s1. The van der Waals surface area contributed by atoms with E-state index < -0.39 is 11.9 Å². The molecule has 2 heterocycles. The highest BCUT2D eigenvalue weighted by Gasteiger charge is 2.43. The fourth-order valence-corrected chi connectivity index (χ4v) is 3.99. The zero-order valence-corrected chi connectivity index (χ0v) is 17.0. The van der Waals surface area contributed by atoms with Gasteiger partial charge >= 0.3 is 5.97 Å². The summed E-state index contributed by atoms with van der Waals surface area (Å²) in [5, 5.41) is 0. The molecule has 0 saturated heterocycles. The van der Waals surface area contributed by atoms with Gasteiger partial charge in [-0.1, -0.05) is 15.9 Å². The van der Waals surface area contributed by atoms with E-state index in [9.17, 15) is 9.59 Å². The number of ether oxygens (including phenoxy) is 3. The summed E-state index contributed by atoms with van der Waals surface area (Å²) in [5.41, 5.74) is 2.51. The second-order valence-electron chi connectivity index (χ2n) is 6.51. The Labute approximate surface area is 170 Å². The Hall–Kier alpha value is -2.80. The zero-order chi connectivity index (χ0) is 19.8. The molecule has 1 atom stereocenters. The molecule has 2 aromatic rings. The Balaban J connectivity index is 1.85. The van der Waals surface area contributed by atoms with Crippen molar-refractivity contribution in [3.63, 3.8) is 0 Å². The fourth-order valence-electron chi connectivity index (χ4n) is 3.72. The van der Waals surface area contributed by atoms with Crippen molar-refractivity contribution >= 4 is 33.5 Å². The van der Waals surface area contributed by atoms with Crippen molar-refractivity contribution in [1.29, 1.82) is 0 Å². The lowest BCUT2D eigenvalue weighted by molar-refractivity contribution is -0.136. The number of hydrogen-bond donors (Lipinski definition) is 0. The summed E-state index contributed by atoms with van der Waals surface area (Å²) in [6.45, 7) is 0.0682. The molecule has 1 amide bonds. The van der Waals surface area contributed by atoms with Gasteiger partial charge in [0.25, 0.3) is 0 Å². The summed E-state index contributed by atoms with van der Waals surface area (Å²) in [5.74, 6) is 0.275. The maximum atomic E-state index is 13.1. The van der Waals surface area contributed by atoms with Gasteiger partial charge in [-0.05, 0) is 42.5 Å². The van der Waals surface area contributed by atoms with E-state index in [2.05, 4.69) is 15.9 Å². The monoisotopic (exact) mass is 443 g/mol. The van der Waals surface area contributed by atoms with E-state index in [0.29, 0.717) is 28.5 Å². The highest BCUT2D eigenvalue weighted by Crippen LogP contribution is 2.45. The quantitative estimate of drug-likeness (QED) is 0.672. The Bertz CT molecular complexity index is 983. The molecule has 2 aliphatic heterocycles. The summed E-state index contributed by atoms with van der Waals surface area (Å²) in [6, 6.07) is 12.8. The van der Waals surface area contributed by atoms with E-state index in [4.69, 9.17) is 14.2 Å². The first kappa shape index (κ1) is 18.6. The van der Waals surface area contributed by atoms with Crippen molar-refractivity contribution in [3.05, 3.63) is 63.8 Å². The van der Waals surface area contributed by atoms with E-state index in [0.717, 1.165) is 10.0 Å². The van der Waals surface area contributed by atoms with Gasteiger partial charge in [-0.15, -0.1) is 0 Å². The lowest BCUT2D eigenvalue weighted by atomic mass is 9.83. The number of esters is 1. The largest absolute Gasteiger partial charge is 0.497 e. The third kappa shape index (κ3) is 3.05. The Morgan fingerprint density at radius 1 is 1.07 bits per heavy atom. The third-order valence-electron chi connectivity index (χ3n) is 5.01. The maximum Gasteiger partial charge on any atom is 0.336 e. The van der Waals surface area contributed by atoms with Crippen LogP contribution in [-0.2, 0) is 14.3 Å². The number of carbonyl (C=O) groups is 2. The molecule has 0 spiro atoms. The highest BCUT2D eigenvalue weighted by molar-refractivity contribution is 9.10. The van der Waals surface area contributed by atoms with Gasteiger partial charge in [0, 0.05) is 28.1 Å². The molecule has 0 unspecified atom stereocenters. The molecular weight excluding hydrogens is 426 g/mol. The van der Waals surface area contributed by atoms with E-state index in [1.165, 1.54) is 0 Å². The number of hydrogen-bond acceptors (Lipinski definition) is 5. The molecule has 2 aromatic carbocycles. The molecule has 28 heavy (non-hydrogen) atoms. The zero-order valence-electron chi connectivity index (χ0n) is 15.4. The SMILES string of the molecule is COc1ccc(OC)c([C@H]2CC(=O)N(c3ccc(Br)cc3)C3=C2C(=O)OC3)c1. The van der Waals surface area contributed by atoms with Gasteiger partial charge in [0.1, 0.15) is 18.1 Å². The minimum Gasteiger partial charge on any atom is -0.497 e. The minimum absolute atomic E-state index is 0.0682. The molecule has 0 radical (unpaired) electrons. The average Bonchev–Trinajstić information content (AvgIpc) is 3.09. The molecule has 0 fully saturated rings. The number of anilines is 1. The number of amides is 1. The topological polar surface area (TPSA) is 65.1 Å². The first-order chi connectivity index (χ1) is 13.5. The predicted octanol–water partition coefficient (Wildman–Crippen LogP) is 3.80. The number of benzene rings is 2. The lowest BCUT2D eigenvalue weighted by Crippen LogP contribution is -2.37. The van der Waals surface area contributed by atoms with Crippen LogP contribution < -0.4 is 14.4 Å². The van der Waals surface area contributed by atoms with Crippen molar-refractivity contribution < 1.29 is 23.8 Å². The summed E-state index contributed by atoms with van der Waals surface area (Å²) in [4.78, 5) is 27.3. The highest BCUT2D eigenvalue weighted by atomic mass is 79.9. The van der Waals surface area contributed by atoms with E-state index in [-0.39, 0.29) is 18.9 Å². The molecule has 6 nitrogen and oxygen atoms in total. The first-order valence-electron chi connectivity index (χ1n) is 8.74. The number of nitrogens with zero attached hydrogens (tertiary/aromatic N) is 1. The second kappa shape index (κ2) is 7.31. The summed E-state index contributed by atoms with van der Waals surface area (Å²) < 4.78 is 17.0. The molecule has 144 valence electrons. The van der Waals surface area contributed by atoms with Crippen LogP contribution in [0.4, 0.5) is 5.69 Å². The van der Waals surface area contributed by atoms with Crippen molar-refractivity contribution in [2.24, 2.45) is 0 Å². The molecule has 7 heteroatoms. The molecule has 0 aromatic heterocycles. The van der Waals surface area contributed by atoms with Crippen LogP contribution in [0, 0.1) is 0 Å². The second-order valence-corrected chi connectivity index (χ2v) is 7.42. The van der Waals surface area contributed by atoms with Gasteiger partial charge in [-0.2, -0.15) is 0 Å². The average molecular weight is 444 g/mol. The van der Waals surface area contributed by atoms with Gasteiger partial charge in [-0.3, -0.25) is 9.69 Å². The Morgan fingerprint density at radius 3 is 2.50 bits per heavy atom. The predicted molar refractivity (Wildman–Crippen MR) is 107 cm³/mol. The van der Waals surface area contributed by atoms with Gasteiger partial charge in [-0.25, -0.2) is 4.79 Å². The molecule has 4 rings (SSSR count). The fraction of sp³-hybridized carbons (Fsp3) is 0.238. The van der Waals surface area contributed by atoms with Crippen LogP contribution in [0.15, 0.2) is 58.2 Å². The Morgan fingerprint density at radius 2 is 1.82 bits per heavy atom. The van der Waals surface area contributed by atoms with Gasteiger partial charge in [0.05, 0.1) is 25.5 Å². The van der Waals surface area contributed by atoms with Gasteiger partial charge < -0.3 is 14.2 Å². The molecule has 2 aliphatic rings. The van der Waals surface area contributed by atoms with Gasteiger partial charge in [0.2, 0.25) is 5.91 Å². The summed E-state index contributed by atoms with van der Waals surface area (Å²) in [7, 11) is 3.13. The first-order valence-corrected chi connectivity index (χ1v) is 9.53. The Kier molecular flexibility index (Phi) is 4.85. The van der Waals surface area contributed by atoms with E-state index in [1.807, 2.05) is 30.3 Å². The van der Waals surface area contributed by atoms with Crippen LogP contribution in [0.2, 0.25) is 0 Å². The number of cyclic esters (lactones) is 1.